The number of nitrogens with zero attached hydrogens (tertiary/aromatic N) is 1. The summed E-state index contributed by atoms with van der Waals surface area (Å²) < 4.78 is 14.3. The van der Waals surface area contributed by atoms with E-state index in [-0.39, 0.29) is 17.1 Å². The minimum atomic E-state index is -0.567. The fourth-order valence-corrected chi connectivity index (χ4v) is 2.53. The van der Waals surface area contributed by atoms with E-state index < -0.39 is 11.7 Å². The molecular weight excluding hydrogens is 345 g/mol. The van der Waals surface area contributed by atoms with Gasteiger partial charge in [0.05, 0.1) is 10.7 Å². The number of aromatic amines is 1. The lowest BCUT2D eigenvalue weighted by Crippen LogP contribution is -2.25. The molecule has 0 spiro atoms. The van der Waals surface area contributed by atoms with Crippen molar-refractivity contribution in [2.45, 2.75) is 13.5 Å². The van der Waals surface area contributed by atoms with Crippen LogP contribution in [0.1, 0.15) is 5.56 Å². The molecule has 2 aromatic carbocycles. The molecule has 0 unspecified atom stereocenters. The average Bonchev–Trinajstić information content (AvgIpc) is 2.92. The van der Waals surface area contributed by atoms with E-state index in [2.05, 4.69) is 10.4 Å². The Hall–Kier alpha value is -2.86. The van der Waals surface area contributed by atoms with E-state index in [9.17, 15) is 14.0 Å². The van der Waals surface area contributed by atoms with Gasteiger partial charge in [0.1, 0.15) is 12.4 Å². The lowest BCUT2D eigenvalue weighted by Gasteiger charge is -2.06. The predicted octanol–water partition coefficient (Wildman–Crippen LogP) is 3.58. The summed E-state index contributed by atoms with van der Waals surface area (Å²) in [4.78, 5) is 24.1. The van der Waals surface area contributed by atoms with Crippen LogP contribution in [0.25, 0.3) is 11.3 Å². The van der Waals surface area contributed by atoms with Gasteiger partial charge in [-0.3, -0.25) is 14.7 Å². The Morgan fingerprint density at radius 2 is 1.92 bits per heavy atom. The van der Waals surface area contributed by atoms with Crippen LogP contribution in [-0.2, 0) is 11.3 Å². The van der Waals surface area contributed by atoms with Crippen molar-refractivity contribution in [3.63, 3.8) is 0 Å². The molecule has 1 heterocycles. The van der Waals surface area contributed by atoms with Gasteiger partial charge in [-0.05, 0) is 30.7 Å². The van der Waals surface area contributed by atoms with E-state index >= 15 is 0 Å². The third-order valence-corrected chi connectivity index (χ3v) is 3.95. The van der Waals surface area contributed by atoms with Crippen LogP contribution in [-0.4, -0.2) is 15.7 Å². The first-order valence-corrected chi connectivity index (χ1v) is 7.92. The first kappa shape index (κ1) is 17.0. The van der Waals surface area contributed by atoms with Crippen LogP contribution < -0.4 is 10.9 Å². The minimum absolute atomic E-state index is 0.0866. The molecule has 25 heavy (non-hydrogen) atoms. The number of hydrogen-bond donors (Lipinski definition) is 2. The molecule has 128 valence electrons. The van der Waals surface area contributed by atoms with Crippen molar-refractivity contribution in [3.05, 3.63) is 75.3 Å². The Balaban J connectivity index is 1.74. The van der Waals surface area contributed by atoms with Gasteiger partial charge in [0.2, 0.25) is 5.91 Å². The van der Waals surface area contributed by atoms with Crippen molar-refractivity contribution >= 4 is 23.2 Å². The van der Waals surface area contributed by atoms with Gasteiger partial charge in [-0.15, -0.1) is 0 Å². The highest BCUT2D eigenvalue weighted by molar-refractivity contribution is 6.31. The lowest BCUT2D eigenvalue weighted by molar-refractivity contribution is -0.116. The van der Waals surface area contributed by atoms with Crippen molar-refractivity contribution in [1.29, 1.82) is 0 Å². The third kappa shape index (κ3) is 3.97. The summed E-state index contributed by atoms with van der Waals surface area (Å²) in [5.41, 5.74) is 2.63. The Morgan fingerprint density at radius 1 is 1.20 bits per heavy atom. The molecule has 0 radical (unpaired) electrons. The Labute approximate surface area is 148 Å². The van der Waals surface area contributed by atoms with E-state index in [1.807, 2.05) is 31.2 Å². The molecule has 0 bridgehead atoms. The molecule has 1 amide bonds. The highest BCUT2D eigenvalue weighted by Gasteiger charge is 2.10. The number of halogens is 2. The summed E-state index contributed by atoms with van der Waals surface area (Å²) in [6.07, 6.45) is 0. The van der Waals surface area contributed by atoms with E-state index in [4.69, 9.17) is 11.6 Å². The maximum absolute atomic E-state index is 13.1. The molecule has 0 saturated heterocycles. The molecule has 2 N–H and O–H groups in total. The average molecular weight is 360 g/mol. The van der Waals surface area contributed by atoms with Crippen LogP contribution in [0.5, 0.6) is 0 Å². The molecule has 0 aliphatic rings. The molecule has 0 aliphatic carbocycles. The van der Waals surface area contributed by atoms with Crippen LogP contribution >= 0.6 is 11.6 Å². The number of carbonyl (C=O) groups excluding carboxylic acids is 1. The predicted molar refractivity (Wildman–Crippen MR) is 95.3 cm³/mol. The maximum atomic E-state index is 13.1. The molecule has 0 atom stereocenters. The number of H-pyrrole nitrogens is 1. The normalized spacial score (nSPS) is 10.7. The second-order valence-corrected chi connectivity index (χ2v) is 6.04. The lowest BCUT2D eigenvalue weighted by atomic mass is 10.1. The van der Waals surface area contributed by atoms with Crippen LogP contribution in [0, 0.1) is 12.7 Å². The smallest absolute Gasteiger partial charge is 0.267 e. The molecule has 5 nitrogen and oxygen atoms in total. The molecule has 1 aromatic heterocycles. The van der Waals surface area contributed by atoms with Gasteiger partial charge in [-0.25, -0.2) is 9.07 Å². The third-order valence-electron chi connectivity index (χ3n) is 3.66. The number of rotatable bonds is 4. The van der Waals surface area contributed by atoms with Gasteiger partial charge >= 0.3 is 0 Å². The number of carbonyl (C=O) groups is 1. The minimum Gasteiger partial charge on any atom is -0.324 e. The van der Waals surface area contributed by atoms with Crippen molar-refractivity contribution in [3.8, 4) is 11.3 Å². The van der Waals surface area contributed by atoms with Gasteiger partial charge < -0.3 is 5.32 Å². The number of nitrogens with one attached hydrogen (secondary N) is 2. The zero-order chi connectivity index (χ0) is 18.0. The van der Waals surface area contributed by atoms with Gasteiger partial charge in [-0.1, -0.05) is 41.4 Å². The van der Waals surface area contributed by atoms with Gasteiger partial charge in [0, 0.05) is 11.8 Å². The molecular formula is C18H15ClFN3O2. The van der Waals surface area contributed by atoms with E-state index in [1.54, 1.807) is 0 Å². The number of anilines is 1. The highest BCUT2D eigenvalue weighted by atomic mass is 35.5. The number of aromatic nitrogens is 2. The summed E-state index contributed by atoms with van der Waals surface area (Å²) in [6, 6.07) is 13.0. The van der Waals surface area contributed by atoms with Gasteiger partial charge in [-0.2, -0.15) is 0 Å². The maximum Gasteiger partial charge on any atom is 0.267 e. The fraction of sp³-hybridized carbons (Fsp3) is 0.111. The molecule has 7 heteroatoms. The number of hydrogen-bond acceptors (Lipinski definition) is 2. The summed E-state index contributed by atoms with van der Waals surface area (Å²) >= 11 is 5.68. The molecule has 3 rings (SSSR count). The second kappa shape index (κ2) is 6.94. The van der Waals surface area contributed by atoms with Crippen LogP contribution in [0.3, 0.4) is 0 Å². The largest absolute Gasteiger partial charge is 0.324 e. The first-order chi connectivity index (χ1) is 11.9. The first-order valence-electron chi connectivity index (χ1n) is 7.54. The van der Waals surface area contributed by atoms with E-state index in [0.717, 1.165) is 17.2 Å². The highest BCUT2D eigenvalue weighted by Crippen LogP contribution is 2.19. The van der Waals surface area contributed by atoms with Crippen molar-refractivity contribution in [2.24, 2.45) is 0 Å². The monoisotopic (exact) mass is 359 g/mol. The zero-order valence-corrected chi connectivity index (χ0v) is 14.1. The Bertz CT molecular complexity index is 977. The van der Waals surface area contributed by atoms with Crippen molar-refractivity contribution < 1.29 is 9.18 Å². The Morgan fingerprint density at radius 3 is 2.60 bits per heavy atom. The van der Waals surface area contributed by atoms with Gasteiger partial charge in [0.15, 0.2) is 0 Å². The second-order valence-electron chi connectivity index (χ2n) is 5.64. The van der Waals surface area contributed by atoms with Crippen LogP contribution in [0.4, 0.5) is 10.1 Å². The van der Waals surface area contributed by atoms with E-state index in [1.165, 1.54) is 22.9 Å². The standard InChI is InChI=1S/C18H15ClFN3O2/c1-11-2-4-12(5-3-11)16-9-18(25)23(22-16)10-17(24)21-13-6-7-15(20)14(19)8-13/h2-9,22H,10H2,1H3,(H,21,24). The summed E-state index contributed by atoms with van der Waals surface area (Å²) in [7, 11) is 0. The topological polar surface area (TPSA) is 66.9 Å². The molecule has 0 fully saturated rings. The van der Waals surface area contributed by atoms with E-state index in [0.29, 0.717) is 11.4 Å². The zero-order valence-electron chi connectivity index (χ0n) is 13.3. The fourth-order valence-electron chi connectivity index (χ4n) is 2.35. The van der Waals surface area contributed by atoms with Crippen LogP contribution in [0.15, 0.2) is 53.3 Å². The molecule has 3 aromatic rings. The summed E-state index contributed by atoms with van der Waals surface area (Å²) in [6.45, 7) is 1.78. The number of aryl methyl sites for hydroxylation is 1. The number of benzene rings is 2. The van der Waals surface area contributed by atoms with Gasteiger partial charge in [0.25, 0.3) is 5.56 Å². The molecule has 0 aliphatic heterocycles. The van der Waals surface area contributed by atoms with Crippen molar-refractivity contribution in [2.75, 3.05) is 5.32 Å². The summed E-state index contributed by atoms with van der Waals surface area (Å²) in [5.74, 6) is -0.995. The Kier molecular flexibility index (Phi) is 4.72. The molecule has 0 saturated carbocycles. The summed E-state index contributed by atoms with van der Waals surface area (Å²) in [5, 5.41) is 5.40. The number of amides is 1. The van der Waals surface area contributed by atoms with Crippen LogP contribution in [0.2, 0.25) is 5.02 Å². The SMILES string of the molecule is Cc1ccc(-c2cc(=O)n(CC(=O)Nc3ccc(F)c(Cl)c3)[nH]2)cc1. The quantitative estimate of drug-likeness (QED) is 0.747. The van der Waals surface area contributed by atoms with Crippen molar-refractivity contribution in [1.82, 2.24) is 9.78 Å².